The van der Waals surface area contributed by atoms with Gasteiger partial charge in [-0.1, -0.05) is 6.07 Å². The summed E-state index contributed by atoms with van der Waals surface area (Å²) in [6, 6.07) is 5.75. The summed E-state index contributed by atoms with van der Waals surface area (Å²) in [4.78, 5) is 13.7. The van der Waals surface area contributed by atoms with E-state index in [-0.39, 0.29) is 12.5 Å². The summed E-state index contributed by atoms with van der Waals surface area (Å²) in [6.45, 7) is 2.18. The van der Waals surface area contributed by atoms with E-state index < -0.39 is 0 Å². The van der Waals surface area contributed by atoms with Crippen LogP contribution in [0.4, 0.5) is 5.69 Å². The van der Waals surface area contributed by atoms with Crippen molar-refractivity contribution in [1.29, 1.82) is 0 Å². The number of carbonyl (C=O) groups excluding carboxylic acids is 1. The molecule has 1 aromatic rings. The number of amides is 1. The van der Waals surface area contributed by atoms with Gasteiger partial charge < -0.3 is 15.7 Å². The molecule has 0 aliphatic carbocycles. The van der Waals surface area contributed by atoms with Crippen molar-refractivity contribution in [1.82, 2.24) is 0 Å². The van der Waals surface area contributed by atoms with Crippen LogP contribution in [0.2, 0.25) is 0 Å². The zero-order valence-electron chi connectivity index (χ0n) is 10.6. The first kappa shape index (κ1) is 12.9. The average molecular weight is 248 g/mol. The molecular weight excluding hydrogens is 228 g/mol. The molecule has 1 aliphatic rings. The molecule has 2 rings (SSSR count). The molecule has 0 radical (unpaired) electrons. The molecule has 0 spiro atoms. The van der Waals surface area contributed by atoms with E-state index in [2.05, 4.69) is 11.0 Å². The summed E-state index contributed by atoms with van der Waals surface area (Å²) in [7, 11) is 0. The van der Waals surface area contributed by atoms with Crippen molar-refractivity contribution in [3.8, 4) is 0 Å². The van der Waals surface area contributed by atoms with Gasteiger partial charge in [0.25, 0.3) is 0 Å². The average Bonchev–Trinajstić information content (AvgIpc) is 2.38. The van der Waals surface area contributed by atoms with Gasteiger partial charge in [-0.05, 0) is 43.4 Å². The molecule has 4 nitrogen and oxygen atoms in total. The third-order valence-corrected chi connectivity index (χ3v) is 3.45. The number of nitrogens with zero attached hydrogens (tertiary/aromatic N) is 1. The molecule has 0 aromatic heterocycles. The summed E-state index contributed by atoms with van der Waals surface area (Å²) >= 11 is 0. The monoisotopic (exact) mass is 248 g/mol. The minimum atomic E-state index is -0.343. The Balaban J connectivity index is 2.21. The maximum absolute atomic E-state index is 11.4. The predicted octanol–water partition coefficient (Wildman–Crippen LogP) is 1.31. The highest BCUT2D eigenvalue weighted by atomic mass is 16.2. The van der Waals surface area contributed by atoms with Crippen LogP contribution >= 0.6 is 0 Å². The first-order valence-electron chi connectivity index (χ1n) is 6.51. The smallest absolute Gasteiger partial charge is 0.249 e. The molecule has 0 atom stereocenters. The van der Waals surface area contributed by atoms with E-state index in [9.17, 15) is 4.79 Å². The standard InChI is InChI=1S/C14H20N2O2/c15-14(18)12-5-3-7-13-11(12)6-4-9-16(13)8-1-2-10-17/h3,5,7,17H,1-2,4,6,8-10H2,(H2,15,18). The summed E-state index contributed by atoms with van der Waals surface area (Å²) in [5, 5.41) is 8.83. The van der Waals surface area contributed by atoms with Crippen molar-refractivity contribution in [2.75, 3.05) is 24.6 Å². The van der Waals surface area contributed by atoms with Crippen molar-refractivity contribution in [2.45, 2.75) is 25.7 Å². The van der Waals surface area contributed by atoms with E-state index in [1.165, 1.54) is 0 Å². The number of rotatable bonds is 5. The van der Waals surface area contributed by atoms with Gasteiger partial charge in [-0.25, -0.2) is 0 Å². The maximum atomic E-state index is 11.4. The fraction of sp³-hybridized carbons (Fsp3) is 0.500. The number of fused-ring (bicyclic) bond motifs is 1. The highest BCUT2D eigenvalue weighted by Gasteiger charge is 2.20. The summed E-state index contributed by atoms with van der Waals surface area (Å²) in [5.74, 6) is -0.343. The number of hydrogen-bond acceptors (Lipinski definition) is 3. The molecule has 3 N–H and O–H groups in total. The van der Waals surface area contributed by atoms with Gasteiger partial charge in [0.05, 0.1) is 0 Å². The number of anilines is 1. The first-order valence-corrected chi connectivity index (χ1v) is 6.51. The molecule has 98 valence electrons. The number of aliphatic hydroxyl groups excluding tert-OH is 1. The molecule has 1 aliphatic heterocycles. The van der Waals surface area contributed by atoms with Crippen LogP contribution < -0.4 is 10.6 Å². The molecule has 4 heteroatoms. The fourth-order valence-corrected chi connectivity index (χ4v) is 2.58. The Kier molecular flexibility index (Phi) is 4.20. The molecule has 0 bridgehead atoms. The Morgan fingerprint density at radius 1 is 1.39 bits per heavy atom. The maximum Gasteiger partial charge on any atom is 0.249 e. The minimum absolute atomic E-state index is 0.238. The molecule has 0 unspecified atom stereocenters. The normalized spacial score (nSPS) is 14.4. The van der Waals surface area contributed by atoms with Crippen LogP contribution in [0, 0.1) is 0 Å². The van der Waals surface area contributed by atoms with Crippen LogP contribution in [-0.2, 0) is 6.42 Å². The van der Waals surface area contributed by atoms with Crippen molar-refractivity contribution in [2.24, 2.45) is 5.73 Å². The molecule has 0 fully saturated rings. The van der Waals surface area contributed by atoms with Crippen LogP contribution in [0.15, 0.2) is 18.2 Å². The molecule has 18 heavy (non-hydrogen) atoms. The topological polar surface area (TPSA) is 66.6 Å². The molecule has 0 saturated heterocycles. The highest BCUT2D eigenvalue weighted by Crippen LogP contribution is 2.29. The number of nitrogens with two attached hydrogens (primary N) is 1. The van der Waals surface area contributed by atoms with Crippen LogP contribution in [0.3, 0.4) is 0 Å². The second-order valence-corrected chi connectivity index (χ2v) is 4.69. The number of unbranched alkanes of at least 4 members (excludes halogenated alkanes) is 1. The third kappa shape index (κ3) is 2.64. The number of benzene rings is 1. The summed E-state index contributed by atoms with van der Waals surface area (Å²) in [5.41, 5.74) is 8.28. The van der Waals surface area contributed by atoms with Gasteiger partial charge in [0.1, 0.15) is 0 Å². The van der Waals surface area contributed by atoms with Crippen LogP contribution in [0.1, 0.15) is 35.2 Å². The Morgan fingerprint density at radius 2 is 2.22 bits per heavy atom. The lowest BCUT2D eigenvalue weighted by molar-refractivity contribution is 0.0999. The lowest BCUT2D eigenvalue weighted by atomic mass is 9.95. The summed E-state index contributed by atoms with van der Waals surface area (Å²) < 4.78 is 0. The largest absolute Gasteiger partial charge is 0.396 e. The lowest BCUT2D eigenvalue weighted by Crippen LogP contribution is -2.31. The van der Waals surface area contributed by atoms with E-state index in [0.29, 0.717) is 5.56 Å². The molecular formula is C14H20N2O2. The van der Waals surface area contributed by atoms with Crippen molar-refractivity contribution < 1.29 is 9.90 Å². The van der Waals surface area contributed by atoms with E-state index in [4.69, 9.17) is 10.8 Å². The molecule has 1 aromatic carbocycles. The summed E-state index contributed by atoms with van der Waals surface area (Å²) in [6.07, 6.45) is 3.76. The quantitative estimate of drug-likeness (QED) is 0.772. The molecule has 1 heterocycles. The van der Waals surface area contributed by atoms with Crippen LogP contribution in [0.5, 0.6) is 0 Å². The van der Waals surface area contributed by atoms with Crippen LogP contribution in [-0.4, -0.2) is 30.7 Å². The number of aliphatic hydroxyl groups is 1. The third-order valence-electron chi connectivity index (χ3n) is 3.45. The Morgan fingerprint density at radius 3 is 2.94 bits per heavy atom. The first-order chi connectivity index (χ1) is 8.74. The number of carbonyl (C=O) groups is 1. The van der Waals surface area contributed by atoms with Crippen LogP contribution in [0.25, 0.3) is 0 Å². The highest BCUT2D eigenvalue weighted by molar-refractivity contribution is 5.96. The van der Waals surface area contributed by atoms with Gasteiger partial charge in [-0.2, -0.15) is 0 Å². The molecule has 1 amide bonds. The second kappa shape index (κ2) is 5.87. The zero-order valence-corrected chi connectivity index (χ0v) is 10.6. The van der Waals surface area contributed by atoms with Gasteiger partial charge in [-0.15, -0.1) is 0 Å². The zero-order chi connectivity index (χ0) is 13.0. The molecule has 0 saturated carbocycles. The SMILES string of the molecule is NC(=O)c1cccc2c1CCCN2CCCCO. The van der Waals surface area contributed by atoms with Gasteiger partial charge >= 0.3 is 0 Å². The van der Waals surface area contributed by atoms with Crippen molar-refractivity contribution >= 4 is 11.6 Å². The van der Waals surface area contributed by atoms with Gasteiger partial charge in [0.2, 0.25) is 5.91 Å². The number of primary amides is 1. The Bertz CT molecular complexity index is 432. The minimum Gasteiger partial charge on any atom is -0.396 e. The van der Waals surface area contributed by atoms with Gasteiger partial charge in [-0.3, -0.25) is 4.79 Å². The van der Waals surface area contributed by atoms with E-state index in [1.807, 2.05) is 6.07 Å². The Labute approximate surface area is 107 Å². The lowest BCUT2D eigenvalue weighted by Gasteiger charge is -2.32. The second-order valence-electron chi connectivity index (χ2n) is 4.69. The number of hydrogen-bond donors (Lipinski definition) is 2. The van der Waals surface area contributed by atoms with E-state index in [1.54, 1.807) is 6.07 Å². The van der Waals surface area contributed by atoms with E-state index >= 15 is 0 Å². The predicted molar refractivity (Wildman–Crippen MR) is 71.8 cm³/mol. The van der Waals surface area contributed by atoms with Gasteiger partial charge in [0, 0.05) is 30.9 Å². The fourth-order valence-electron chi connectivity index (χ4n) is 2.58. The van der Waals surface area contributed by atoms with Crippen molar-refractivity contribution in [3.63, 3.8) is 0 Å². The Hall–Kier alpha value is -1.55. The van der Waals surface area contributed by atoms with E-state index in [0.717, 1.165) is 50.0 Å². The van der Waals surface area contributed by atoms with Gasteiger partial charge in [0.15, 0.2) is 0 Å². The van der Waals surface area contributed by atoms with Crippen molar-refractivity contribution in [3.05, 3.63) is 29.3 Å².